The third-order valence-corrected chi connectivity index (χ3v) is 3.24. The minimum atomic E-state index is -0.434. The number of ether oxygens (including phenoxy) is 1. The number of rotatable bonds is 4. The van der Waals surface area contributed by atoms with Crippen LogP contribution < -0.4 is 10.1 Å². The van der Waals surface area contributed by atoms with Crippen molar-refractivity contribution in [2.45, 2.75) is 0 Å². The second-order valence-electron chi connectivity index (χ2n) is 4.72. The van der Waals surface area contributed by atoms with E-state index in [2.05, 4.69) is 10.3 Å². The van der Waals surface area contributed by atoms with Gasteiger partial charge in [-0.05, 0) is 48.5 Å². The van der Waals surface area contributed by atoms with Gasteiger partial charge < -0.3 is 14.5 Å². The lowest BCUT2D eigenvalue weighted by molar-refractivity contribution is 0.102. The first-order chi connectivity index (χ1) is 11.2. The molecule has 1 heterocycles. The van der Waals surface area contributed by atoms with Crippen LogP contribution in [0.3, 0.4) is 0 Å². The summed E-state index contributed by atoms with van der Waals surface area (Å²) in [5.41, 5.74) is 1.33. The highest BCUT2D eigenvalue weighted by atomic mass is 19.1. The van der Waals surface area contributed by atoms with Gasteiger partial charge >= 0.3 is 0 Å². The summed E-state index contributed by atoms with van der Waals surface area (Å²) >= 11 is 0. The molecule has 3 rings (SSSR count). The molecule has 0 unspecified atom stereocenters. The van der Waals surface area contributed by atoms with Gasteiger partial charge in [0.05, 0.1) is 7.11 Å². The molecular weight excluding hydrogens is 299 g/mol. The molecule has 0 atom stereocenters. The van der Waals surface area contributed by atoms with Crippen LogP contribution in [0.25, 0.3) is 11.3 Å². The largest absolute Gasteiger partial charge is 0.497 e. The van der Waals surface area contributed by atoms with Crippen LogP contribution in [0.5, 0.6) is 5.75 Å². The lowest BCUT2D eigenvalue weighted by atomic mass is 10.1. The smallest absolute Gasteiger partial charge is 0.278 e. The molecule has 0 bridgehead atoms. The van der Waals surface area contributed by atoms with Gasteiger partial charge in [-0.2, -0.15) is 0 Å². The average molecular weight is 312 g/mol. The number of carbonyl (C=O) groups is 1. The quantitative estimate of drug-likeness (QED) is 0.797. The monoisotopic (exact) mass is 312 g/mol. The highest BCUT2D eigenvalue weighted by molar-refractivity contribution is 6.06. The Morgan fingerprint density at radius 1 is 1.13 bits per heavy atom. The maximum atomic E-state index is 12.9. The molecule has 0 aliphatic heterocycles. The Hall–Kier alpha value is -3.15. The molecule has 116 valence electrons. The van der Waals surface area contributed by atoms with Crippen molar-refractivity contribution in [3.8, 4) is 17.1 Å². The molecule has 0 saturated heterocycles. The zero-order valence-electron chi connectivity index (χ0n) is 12.2. The van der Waals surface area contributed by atoms with E-state index in [0.717, 1.165) is 0 Å². The first kappa shape index (κ1) is 14.8. The van der Waals surface area contributed by atoms with Gasteiger partial charge in [-0.15, -0.1) is 0 Å². The summed E-state index contributed by atoms with van der Waals surface area (Å²) in [5, 5.41) is 2.65. The predicted molar refractivity (Wildman–Crippen MR) is 82.8 cm³/mol. The number of carbonyl (C=O) groups excluding carboxylic acids is 1. The zero-order valence-corrected chi connectivity index (χ0v) is 12.2. The van der Waals surface area contributed by atoms with Crippen LogP contribution in [0.15, 0.2) is 59.3 Å². The number of aromatic nitrogens is 1. The molecule has 1 amide bonds. The molecule has 1 N–H and O–H groups in total. The molecular formula is C17H13FN2O3. The first-order valence-corrected chi connectivity index (χ1v) is 6.82. The van der Waals surface area contributed by atoms with Crippen molar-refractivity contribution in [2.24, 2.45) is 0 Å². The van der Waals surface area contributed by atoms with Gasteiger partial charge in [0.25, 0.3) is 5.91 Å². The molecule has 6 heteroatoms. The standard InChI is InChI=1S/C17H13FN2O3/c1-22-14-8-2-11(3-9-14)16-15(19-10-23-16)17(21)20-13-6-4-12(18)5-7-13/h2-10H,1H3,(H,20,21). The topological polar surface area (TPSA) is 64.4 Å². The summed E-state index contributed by atoms with van der Waals surface area (Å²) in [7, 11) is 1.57. The Labute approximate surface area is 131 Å². The molecule has 5 nitrogen and oxygen atoms in total. The van der Waals surface area contributed by atoms with E-state index in [4.69, 9.17) is 9.15 Å². The fourth-order valence-corrected chi connectivity index (χ4v) is 2.08. The number of halogens is 1. The predicted octanol–water partition coefficient (Wildman–Crippen LogP) is 3.74. The molecule has 0 radical (unpaired) electrons. The molecule has 0 saturated carbocycles. The minimum Gasteiger partial charge on any atom is -0.497 e. The summed E-state index contributed by atoms with van der Waals surface area (Å²) in [6.45, 7) is 0. The van der Waals surface area contributed by atoms with Gasteiger partial charge in [-0.1, -0.05) is 0 Å². The zero-order chi connectivity index (χ0) is 16.2. The van der Waals surface area contributed by atoms with Crippen LogP contribution in [-0.4, -0.2) is 18.0 Å². The van der Waals surface area contributed by atoms with Crippen molar-refractivity contribution in [3.05, 3.63) is 66.4 Å². The highest BCUT2D eigenvalue weighted by Crippen LogP contribution is 2.26. The van der Waals surface area contributed by atoms with E-state index in [0.29, 0.717) is 22.8 Å². The van der Waals surface area contributed by atoms with Crippen LogP contribution in [0.1, 0.15) is 10.5 Å². The van der Waals surface area contributed by atoms with Crippen LogP contribution in [0.4, 0.5) is 10.1 Å². The first-order valence-electron chi connectivity index (χ1n) is 6.82. The fraction of sp³-hybridized carbons (Fsp3) is 0.0588. The Kier molecular flexibility index (Phi) is 4.05. The molecule has 0 aliphatic rings. The van der Waals surface area contributed by atoms with E-state index in [-0.39, 0.29) is 11.5 Å². The SMILES string of the molecule is COc1ccc(-c2ocnc2C(=O)Nc2ccc(F)cc2)cc1. The van der Waals surface area contributed by atoms with E-state index in [9.17, 15) is 9.18 Å². The molecule has 23 heavy (non-hydrogen) atoms. The van der Waals surface area contributed by atoms with Gasteiger partial charge in [0.15, 0.2) is 17.8 Å². The number of hydrogen-bond acceptors (Lipinski definition) is 4. The van der Waals surface area contributed by atoms with E-state index in [1.807, 2.05) is 0 Å². The number of anilines is 1. The normalized spacial score (nSPS) is 10.3. The van der Waals surface area contributed by atoms with Crippen molar-refractivity contribution >= 4 is 11.6 Å². The molecule has 0 spiro atoms. The van der Waals surface area contributed by atoms with E-state index < -0.39 is 5.91 Å². The number of amides is 1. The number of benzene rings is 2. The Morgan fingerprint density at radius 2 is 1.83 bits per heavy atom. The summed E-state index contributed by atoms with van der Waals surface area (Å²) < 4.78 is 23.3. The molecule has 2 aromatic carbocycles. The van der Waals surface area contributed by atoms with Gasteiger partial charge in [-0.3, -0.25) is 4.79 Å². The molecule has 0 fully saturated rings. The Morgan fingerprint density at radius 3 is 2.48 bits per heavy atom. The van der Waals surface area contributed by atoms with E-state index in [1.165, 1.54) is 30.7 Å². The van der Waals surface area contributed by atoms with Gasteiger partial charge in [0.1, 0.15) is 11.6 Å². The van der Waals surface area contributed by atoms with Crippen LogP contribution in [0, 0.1) is 5.82 Å². The number of nitrogens with zero attached hydrogens (tertiary/aromatic N) is 1. The molecule has 1 aromatic heterocycles. The number of methoxy groups -OCH3 is 1. The van der Waals surface area contributed by atoms with Gasteiger partial charge in [-0.25, -0.2) is 9.37 Å². The van der Waals surface area contributed by atoms with Crippen molar-refractivity contribution in [1.29, 1.82) is 0 Å². The summed E-state index contributed by atoms with van der Waals surface area (Å²) in [5.74, 6) is 0.248. The van der Waals surface area contributed by atoms with Crippen LogP contribution >= 0.6 is 0 Å². The fourth-order valence-electron chi connectivity index (χ4n) is 2.08. The number of hydrogen-bond donors (Lipinski definition) is 1. The van der Waals surface area contributed by atoms with Gasteiger partial charge in [0.2, 0.25) is 0 Å². The van der Waals surface area contributed by atoms with Gasteiger partial charge in [0, 0.05) is 11.3 Å². The third kappa shape index (κ3) is 3.21. The molecule has 0 aliphatic carbocycles. The van der Waals surface area contributed by atoms with Crippen molar-refractivity contribution in [2.75, 3.05) is 12.4 Å². The second kappa shape index (κ2) is 6.31. The number of nitrogens with one attached hydrogen (secondary N) is 1. The maximum absolute atomic E-state index is 12.9. The Balaban J connectivity index is 1.84. The minimum absolute atomic E-state index is 0.152. The van der Waals surface area contributed by atoms with Crippen LogP contribution in [-0.2, 0) is 0 Å². The average Bonchev–Trinajstić information content (AvgIpc) is 3.07. The summed E-state index contributed by atoms with van der Waals surface area (Å²) in [6, 6.07) is 12.5. The second-order valence-corrected chi connectivity index (χ2v) is 4.72. The molecule has 3 aromatic rings. The lowest BCUT2D eigenvalue weighted by Gasteiger charge is -2.05. The van der Waals surface area contributed by atoms with Crippen LogP contribution in [0.2, 0.25) is 0 Å². The summed E-state index contributed by atoms with van der Waals surface area (Å²) in [6.07, 6.45) is 1.21. The highest BCUT2D eigenvalue weighted by Gasteiger charge is 2.18. The van der Waals surface area contributed by atoms with Crippen molar-refractivity contribution < 1.29 is 18.3 Å². The third-order valence-electron chi connectivity index (χ3n) is 3.24. The Bertz CT molecular complexity index is 811. The van der Waals surface area contributed by atoms with E-state index in [1.54, 1.807) is 31.4 Å². The number of oxazole rings is 1. The lowest BCUT2D eigenvalue weighted by Crippen LogP contribution is -2.13. The summed E-state index contributed by atoms with van der Waals surface area (Å²) in [4.78, 5) is 16.3. The van der Waals surface area contributed by atoms with E-state index >= 15 is 0 Å². The van der Waals surface area contributed by atoms with Crippen molar-refractivity contribution in [1.82, 2.24) is 4.98 Å². The van der Waals surface area contributed by atoms with Crippen molar-refractivity contribution in [3.63, 3.8) is 0 Å². The maximum Gasteiger partial charge on any atom is 0.278 e.